The van der Waals surface area contributed by atoms with Gasteiger partial charge in [0, 0.05) is 60.5 Å². The number of carbonyl (C=O) groups excluding carboxylic acids is 2. The smallest absolute Gasteiger partial charge is 0.341 e. The lowest BCUT2D eigenvalue weighted by molar-refractivity contribution is -0.139. The third kappa shape index (κ3) is 5.73. The van der Waals surface area contributed by atoms with E-state index in [1.807, 2.05) is 6.07 Å². The molecule has 40 heavy (non-hydrogen) atoms. The second-order valence-corrected chi connectivity index (χ2v) is 12.6. The van der Waals surface area contributed by atoms with Crippen LogP contribution in [0.15, 0.2) is 47.3 Å². The molecular weight excluding hydrogens is 510 g/mol. The first kappa shape index (κ1) is 29.6. The summed E-state index contributed by atoms with van der Waals surface area (Å²) in [4.78, 5) is 41.4. The van der Waals surface area contributed by atoms with E-state index in [0.29, 0.717) is 73.5 Å². The van der Waals surface area contributed by atoms with Crippen LogP contribution in [0.1, 0.15) is 70.4 Å². The molecule has 1 aromatic rings. The average Bonchev–Trinajstić information content (AvgIpc) is 2.84. The summed E-state index contributed by atoms with van der Waals surface area (Å²) in [6.45, 7) is 12.8. The van der Waals surface area contributed by atoms with Gasteiger partial charge in [0.05, 0.1) is 13.7 Å². The Labute approximate surface area is 236 Å². The van der Waals surface area contributed by atoms with E-state index >= 15 is 0 Å². The number of carboxylic acids is 1. The summed E-state index contributed by atoms with van der Waals surface area (Å²) in [5, 5.41) is 9.22. The summed E-state index contributed by atoms with van der Waals surface area (Å²) in [5.74, 6) is -0.899. The maximum atomic E-state index is 14.0. The second-order valence-electron chi connectivity index (χ2n) is 12.6. The lowest BCUT2D eigenvalue weighted by atomic mass is 9.63. The summed E-state index contributed by atoms with van der Waals surface area (Å²) in [6.07, 6.45) is 4.29. The molecule has 8 heteroatoms. The van der Waals surface area contributed by atoms with Gasteiger partial charge in [-0.25, -0.2) is 4.79 Å². The van der Waals surface area contributed by atoms with Crippen LogP contribution in [0.3, 0.4) is 0 Å². The SMILES string of the molecule is C=CCc1cc(C2C3=C(CC(C)(C)CC3=O)N(CCOC)C3=C2C(=O)CC(C)(C)C3)cc(OC)c1OCC(=O)O. The molecule has 1 aliphatic heterocycles. The summed E-state index contributed by atoms with van der Waals surface area (Å²) < 4.78 is 16.8. The number of aliphatic carboxylic acids is 1. The first-order valence-corrected chi connectivity index (χ1v) is 13.8. The molecule has 0 aromatic heterocycles. The molecule has 1 N–H and O–H groups in total. The van der Waals surface area contributed by atoms with Gasteiger partial charge in [-0.2, -0.15) is 0 Å². The highest BCUT2D eigenvalue weighted by Gasteiger charge is 2.49. The van der Waals surface area contributed by atoms with Crippen LogP contribution in [-0.2, 0) is 25.5 Å². The molecule has 2 aliphatic carbocycles. The van der Waals surface area contributed by atoms with E-state index in [-0.39, 0.29) is 22.4 Å². The van der Waals surface area contributed by atoms with E-state index in [9.17, 15) is 19.5 Å². The fourth-order valence-corrected chi connectivity index (χ4v) is 6.44. The average molecular weight is 552 g/mol. The topological polar surface area (TPSA) is 102 Å². The molecule has 0 saturated carbocycles. The summed E-state index contributed by atoms with van der Waals surface area (Å²) in [6, 6.07) is 3.70. The normalized spacial score (nSPS) is 20.3. The quantitative estimate of drug-likeness (QED) is 0.395. The van der Waals surface area contributed by atoms with Gasteiger partial charge in [0.15, 0.2) is 29.7 Å². The predicted molar refractivity (Wildman–Crippen MR) is 151 cm³/mol. The van der Waals surface area contributed by atoms with Gasteiger partial charge in [0.2, 0.25) is 0 Å². The van der Waals surface area contributed by atoms with Crippen molar-refractivity contribution in [1.82, 2.24) is 4.90 Å². The van der Waals surface area contributed by atoms with Crippen molar-refractivity contribution in [2.24, 2.45) is 10.8 Å². The Kier molecular flexibility index (Phi) is 8.31. The Morgan fingerprint density at radius 2 is 1.60 bits per heavy atom. The summed E-state index contributed by atoms with van der Waals surface area (Å²) in [7, 11) is 3.15. The van der Waals surface area contributed by atoms with Crippen LogP contribution in [0.2, 0.25) is 0 Å². The Balaban J connectivity index is 2.00. The molecule has 1 heterocycles. The van der Waals surface area contributed by atoms with E-state index in [2.05, 4.69) is 39.2 Å². The lowest BCUT2D eigenvalue weighted by Gasteiger charge is -2.49. The fraction of sp³-hybridized carbons (Fsp3) is 0.531. The third-order valence-corrected chi connectivity index (χ3v) is 7.95. The highest BCUT2D eigenvalue weighted by atomic mass is 16.5. The van der Waals surface area contributed by atoms with Gasteiger partial charge in [0.25, 0.3) is 0 Å². The molecular formula is C32H41NO7. The van der Waals surface area contributed by atoms with E-state index in [4.69, 9.17) is 14.2 Å². The monoisotopic (exact) mass is 551 g/mol. The van der Waals surface area contributed by atoms with Crippen molar-refractivity contribution < 1.29 is 33.7 Å². The molecule has 0 bridgehead atoms. The largest absolute Gasteiger partial charge is 0.493 e. The van der Waals surface area contributed by atoms with Crippen LogP contribution in [0.25, 0.3) is 0 Å². The number of rotatable bonds is 10. The van der Waals surface area contributed by atoms with Gasteiger partial charge in [0.1, 0.15) is 0 Å². The van der Waals surface area contributed by atoms with E-state index < -0.39 is 18.5 Å². The number of ketones is 2. The fourth-order valence-electron chi connectivity index (χ4n) is 6.44. The molecule has 3 aliphatic rings. The van der Waals surface area contributed by atoms with E-state index in [0.717, 1.165) is 17.0 Å². The van der Waals surface area contributed by atoms with Gasteiger partial charge >= 0.3 is 5.97 Å². The van der Waals surface area contributed by atoms with Gasteiger partial charge in [-0.3, -0.25) is 9.59 Å². The molecule has 0 radical (unpaired) electrons. The molecule has 0 fully saturated rings. The van der Waals surface area contributed by atoms with Crippen LogP contribution in [0, 0.1) is 10.8 Å². The number of nitrogens with zero attached hydrogens (tertiary/aromatic N) is 1. The van der Waals surface area contributed by atoms with Gasteiger partial charge in [-0.05, 0) is 41.7 Å². The minimum atomic E-state index is -1.10. The van der Waals surface area contributed by atoms with Gasteiger partial charge in [-0.1, -0.05) is 39.8 Å². The number of ether oxygens (including phenoxy) is 3. The minimum absolute atomic E-state index is 0.0401. The molecule has 0 unspecified atom stereocenters. The van der Waals surface area contributed by atoms with Crippen LogP contribution < -0.4 is 9.47 Å². The van der Waals surface area contributed by atoms with Crippen molar-refractivity contribution in [1.29, 1.82) is 0 Å². The maximum Gasteiger partial charge on any atom is 0.341 e. The molecule has 216 valence electrons. The zero-order valence-electron chi connectivity index (χ0n) is 24.5. The first-order valence-electron chi connectivity index (χ1n) is 13.8. The predicted octanol–water partition coefficient (Wildman–Crippen LogP) is 5.22. The van der Waals surface area contributed by atoms with Gasteiger partial charge in [-0.15, -0.1) is 6.58 Å². The molecule has 0 spiro atoms. The van der Waals surface area contributed by atoms with Crippen molar-refractivity contribution in [2.75, 3.05) is 34.0 Å². The molecule has 0 atom stereocenters. The number of benzene rings is 1. The second kappa shape index (κ2) is 11.2. The zero-order valence-corrected chi connectivity index (χ0v) is 24.5. The highest BCUT2D eigenvalue weighted by Crippen LogP contribution is 2.55. The van der Waals surface area contributed by atoms with Gasteiger partial charge < -0.3 is 24.2 Å². The number of Topliss-reactive ketones (excluding diaryl/α,β-unsaturated/α-hetero) is 2. The van der Waals surface area contributed by atoms with Crippen LogP contribution in [0.4, 0.5) is 0 Å². The number of methoxy groups -OCH3 is 2. The standard InChI is InChI=1S/C32H41NO7/c1-8-9-19-12-20(13-25(39-7)30(19)40-18-26(36)37)27-28-21(14-31(2,3)16-23(28)34)33(10-11-38-6)22-15-32(4,5)17-24(35)29(22)27/h8,12-13,27H,1,9-11,14-18H2,2-7H3,(H,36,37). The molecule has 1 aromatic carbocycles. The minimum Gasteiger partial charge on any atom is -0.493 e. The number of carboxylic acid groups (broad SMARTS) is 1. The Hall–Kier alpha value is -3.39. The Bertz CT molecular complexity index is 1250. The Morgan fingerprint density at radius 1 is 1.02 bits per heavy atom. The van der Waals surface area contributed by atoms with Crippen molar-refractivity contribution in [2.45, 2.75) is 65.7 Å². The third-order valence-electron chi connectivity index (χ3n) is 7.95. The molecule has 0 amide bonds. The van der Waals surface area contributed by atoms with Crippen molar-refractivity contribution in [3.05, 3.63) is 58.5 Å². The number of carbonyl (C=O) groups is 3. The highest BCUT2D eigenvalue weighted by molar-refractivity contribution is 6.06. The van der Waals surface area contributed by atoms with Crippen molar-refractivity contribution >= 4 is 17.5 Å². The maximum absolute atomic E-state index is 14.0. The molecule has 4 rings (SSSR count). The number of hydrogen-bond donors (Lipinski definition) is 1. The first-order chi connectivity index (χ1) is 18.8. The van der Waals surface area contributed by atoms with Crippen LogP contribution >= 0.6 is 0 Å². The lowest BCUT2D eigenvalue weighted by Crippen LogP contribution is -2.45. The molecule has 0 saturated heterocycles. The summed E-state index contributed by atoms with van der Waals surface area (Å²) in [5.41, 5.74) is 4.23. The number of allylic oxidation sites excluding steroid dienone is 5. The van der Waals surface area contributed by atoms with Crippen LogP contribution in [-0.4, -0.2) is 61.5 Å². The van der Waals surface area contributed by atoms with Crippen molar-refractivity contribution in [3.8, 4) is 11.5 Å². The summed E-state index contributed by atoms with van der Waals surface area (Å²) >= 11 is 0. The molecule has 8 nitrogen and oxygen atoms in total. The van der Waals surface area contributed by atoms with Crippen LogP contribution in [0.5, 0.6) is 11.5 Å². The number of hydrogen-bond acceptors (Lipinski definition) is 7. The zero-order chi connectivity index (χ0) is 29.4. The van der Waals surface area contributed by atoms with Crippen molar-refractivity contribution in [3.63, 3.8) is 0 Å². The van der Waals surface area contributed by atoms with E-state index in [1.165, 1.54) is 7.11 Å². The van der Waals surface area contributed by atoms with E-state index in [1.54, 1.807) is 19.3 Å². The Morgan fingerprint density at radius 3 is 2.08 bits per heavy atom.